The Kier molecular flexibility index (Phi) is 2.51. The van der Waals surface area contributed by atoms with Gasteiger partial charge in [0.1, 0.15) is 5.75 Å². The second-order valence-electron chi connectivity index (χ2n) is 4.55. The fourth-order valence-electron chi connectivity index (χ4n) is 1.84. The first-order valence-electron chi connectivity index (χ1n) is 5.40. The molecule has 0 saturated heterocycles. The van der Waals surface area contributed by atoms with Crippen molar-refractivity contribution in [3.63, 3.8) is 0 Å². The van der Waals surface area contributed by atoms with Gasteiger partial charge in [0.2, 0.25) is 0 Å². The summed E-state index contributed by atoms with van der Waals surface area (Å²) in [4.78, 5) is 12.0. The average Bonchev–Trinajstić information content (AvgIpc) is 2.38. The number of Topliss-reactive ketones (excluding diaryl/α,β-unsaturated/α-hetero) is 1. The van der Waals surface area contributed by atoms with Crippen molar-refractivity contribution in [2.24, 2.45) is 5.41 Å². The van der Waals surface area contributed by atoms with Crippen molar-refractivity contribution < 1.29 is 9.53 Å². The SMILES string of the molecule is CCC1(C)COc2ccccc2C(=O)C1. The van der Waals surface area contributed by atoms with Crippen molar-refractivity contribution in [3.05, 3.63) is 29.8 Å². The molecule has 2 heteroatoms. The number of ether oxygens (including phenoxy) is 1. The van der Waals surface area contributed by atoms with Crippen LogP contribution in [0.2, 0.25) is 0 Å². The van der Waals surface area contributed by atoms with E-state index in [9.17, 15) is 4.79 Å². The van der Waals surface area contributed by atoms with Crippen molar-refractivity contribution in [2.45, 2.75) is 26.7 Å². The molecule has 0 N–H and O–H groups in total. The molecule has 0 amide bonds. The molecule has 2 nitrogen and oxygen atoms in total. The summed E-state index contributed by atoms with van der Waals surface area (Å²) in [6, 6.07) is 7.50. The summed E-state index contributed by atoms with van der Waals surface area (Å²) in [5.74, 6) is 0.937. The van der Waals surface area contributed by atoms with Crippen LogP contribution in [-0.2, 0) is 0 Å². The maximum atomic E-state index is 12.0. The molecule has 80 valence electrons. The second-order valence-corrected chi connectivity index (χ2v) is 4.55. The normalized spacial score (nSPS) is 25.3. The molecule has 0 aliphatic carbocycles. The molecule has 1 unspecified atom stereocenters. The van der Waals surface area contributed by atoms with Crippen molar-refractivity contribution in [1.82, 2.24) is 0 Å². The van der Waals surface area contributed by atoms with Gasteiger partial charge in [-0.2, -0.15) is 0 Å². The van der Waals surface area contributed by atoms with Crippen molar-refractivity contribution in [2.75, 3.05) is 6.61 Å². The molecule has 0 spiro atoms. The Morgan fingerprint density at radius 1 is 1.40 bits per heavy atom. The molecule has 0 saturated carbocycles. The smallest absolute Gasteiger partial charge is 0.167 e. The van der Waals surface area contributed by atoms with Crippen LogP contribution in [0.1, 0.15) is 37.0 Å². The zero-order valence-electron chi connectivity index (χ0n) is 9.25. The lowest BCUT2D eigenvalue weighted by Gasteiger charge is -2.24. The third-order valence-corrected chi connectivity index (χ3v) is 3.20. The summed E-state index contributed by atoms with van der Waals surface area (Å²) >= 11 is 0. The number of para-hydroxylation sites is 1. The van der Waals surface area contributed by atoms with Crippen LogP contribution in [0.25, 0.3) is 0 Å². The van der Waals surface area contributed by atoms with Gasteiger partial charge in [-0.25, -0.2) is 0 Å². The minimum absolute atomic E-state index is 0.0178. The Morgan fingerprint density at radius 2 is 2.13 bits per heavy atom. The predicted molar refractivity (Wildman–Crippen MR) is 59.3 cm³/mol. The molecule has 1 heterocycles. The third-order valence-electron chi connectivity index (χ3n) is 3.20. The molecule has 15 heavy (non-hydrogen) atoms. The molecule has 0 bridgehead atoms. The number of carbonyl (C=O) groups is 1. The summed E-state index contributed by atoms with van der Waals surface area (Å²) in [5.41, 5.74) is 0.713. The third kappa shape index (κ3) is 1.89. The minimum Gasteiger partial charge on any atom is -0.492 e. The Morgan fingerprint density at radius 3 is 2.87 bits per heavy atom. The highest BCUT2D eigenvalue weighted by molar-refractivity contribution is 5.99. The van der Waals surface area contributed by atoms with E-state index in [4.69, 9.17) is 4.74 Å². The van der Waals surface area contributed by atoms with Crippen LogP contribution in [0.15, 0.2) is 24.3 Å². The van der Waals surface area contributed by atoms with E-state index >= 15 is 0 Å². The van der Waals surface area contributed by atoms with E-state index in [1.807, 2.05) is 24.3 Å². The molecule has 0 fully saturated rings. The van der Waals surface area contributed by atoms with Crippen molar-refractivity contribution in [1.29, 1.82) is 0 Å². The van der Waals surface area contributed by atoms with Crippen molar-refractivity contribution >= 4 is 5.78 Å². The standard InChI is InChI=1S/C13H16O2/c1-3-13(2)8-11(14)10-6-4-5-7-12(10)15-9-13/h4-7H,3,8-9H2,1-2H3. The van der Waals surface area contributed by atoms with Crippen LogP contribution in [0.3, 0.4) is 0 Å². The zero-order chi connectivity index (χ0) is 10.9. The van der Waals surface area contributed by atoms with Gasteiger partial charge in [0.25, 0.3) is 0 Å². The summed E-state index contributed by atoms with van der Waals surface area (Å²) in [5, 5.41) is 0. The number of benzene rings is 1. The van der Waals surface area contributed by atoms with E-state index in [0.717, 1.165) is 17.7 Å². The second kappa shape index (κ2) is 3.69. The Balaban J connectivity index is 2.36. The molecule has 0 aromatic heterocycles. The highest BCUT2D eigenvalue weighted by Gasteiger charge is 2.31. The fourth-order valence-corrected chi connectivity index (χ4v) is 1.84. The minimum atomic E-state index is -0.0178. The highest BCUT2D eigenvalue weighted by Crippen LogP contribution is 2.34. The first-order valence-corrected chi connectivity index (χ1v) is 5.40. The van der Waals surface area contributed by atoms with Gasteiger partial charge in [-0.15, -0.1) is 0 Å². The van der Waals surface area contributed by atoms with E-state index in [1.54, 1.807) is 0 Å². The molecular weight excluding hydrogens is 188 g/mol. The topological polar surface area (TPSA) is 26.3 Å². The van der Waals surface area contributed by atoms with E-state index in [0.29, 0.717) is 13.0 Å². The number of fused-ring (bicyclic) bond motifs is 1. The van der Waals surface area contributed by atoms with Crippen molar-refractivity contribution in [3.8, 4) is 5.75 Å². The molecule has 0 radical (unpaired) electrons. The molecule has 1 aromatic carbocycles. The number of rotatable bonds is 1. The Bertz CT molecular complexity index is 384. The van der Waals surface area contributed by atoms with Crippen LogP contribution in [0.4, 0.5) is 0 Å². The number of ketones is 1. The average molecular weight is 204 g/mol. The number of hydrogen-bond donors (Lipinski definition) is 0. The lowest BCUT2D eigenvalue weighted by atomic mass is 9.82. The van der Waals surface area contributed by atoms with Gasteiger partial charge < -0.3 is 4.74 Å². The molecule has 1 atom stereocenters. The maximum absolute atomic E-state index is 12.0. The number of hydrogen-bond acceptors (Lipinski definition) is 2. The van der Waals surface area contributed by atoms with Gasteiger partial charge in [0.15, 0.2) is 5.78 Å². The van der Waals surface area contributed by atoms with Gasteiger partial charge in [0.05, 0.1) is 12.2 Å². The lowest BCUT2D eigenvalue weighted by molar-refractivity contribution is 0.0891. The van der Waals surface area contributed by atoms with Gasteiger partial charge in [0, 0.05) is 11.8 Å². The van der Waals surface area contributed by atoms with E-state index < -0.39 is 0 Å². The van der Waals surface area contributed by atoms with E-state index in [2.05, 4.69) is 13.8 Å². The molecule has 2 rings (SSSR count). The van der Waals surface area contributed by atoms with Gasteiger partial charge in [-0.1, -0.05) is 26.0 Å². The molecule has 1 aliphatic rings. The molecule has 1 aromatic rings. The Labute approximate surface area is 90.3 Å². The van der Waals surface area contributed by atoms with Crippen LogP contribution in [0.5, 0.6) is 5.75 Å². The monoisotopic (exact) mass is 204 g/mol. The van der Waals surface area contributed by atoms with E-state index in [-0.39, 0.29) is 11.2 Å². The first-order chi connectivity index (χ1) is 7.14. The predicted octanol–water partition coefficient (Wildman–Crippen LogP) is 3.07. The summed E-state index contributed by atoms with van der Waals surface area (Å²) in [7, 11) is 0. The maximum Gasteiger partial charge on any atom is 0.167 e. The van der Waals surface area contributed by atoms with Gasteiger partial charge in [-0.3, -0.25) is 4.79 Å². The summed E-state index contributed by atoms with van der Waals surface area (Å²) in [6.45, 7) is 4.84. The van der Waals surface area contributed by atoms with Crippen LogP contribution in [0, 0.1) is 5.41 Å². The fraction of sp³-hybridized carbons (Fsp3) is 0.462. The molecular formula is C13H16O2. The van der Waals surface area contributed by atoms with Crippen LogP contribution in [-0.4, -0.2) is 12.4 Å². The lowest BCUT2D eigenvalue weighted by Crippen LogP contribution is -2.24. The first kappa shape index (κ1) is 10.2. The number of carbonyl (C=O) groups excluding carboxylic acids is 1. The van der Waals surface area contributed by atoms with Gasteiger partial charge in [-0.05, 0) is 18.6 Å². The summed E-state index contributed by atoms with van der Waals surface area (Å²) < 4.78 is 5.70. The van der Waals surface area contributed by atoms with Crippen LogP contribution < -0.4 is 4.74 Å². The molecule has 1 aliphatic heterocycles. The van der Waals surface area contributed by atoms with Crippen LogP contribution >= 0.6 is 0 Å². The van der Waals surface area contributed by atoms with E-state index in [1.165, 1.54) is 0 Å². The summed E-state index contributed by atoms with van der Waals surface area (Å²) in [6.07, 6.45) is 1.55. The van der Waals surface area contributed by atoms with Gasteiger partial charge >= 0.3 is 0 Å². The Hall–Kier alpha value is -1.31. The largest absolute Gasteiger partial charge is 0.492 e. The highest BCUT2D eigenvalue weighted by atomic mass is 16.5. The quantitative estimate of drug-likeness (QED) is 0.702. The zero-order valence-corrected chi connectivity index (χ0v) is 9.25.